The molecular formula is C14H15NO4S. The van der Waals surface area contributed by atoms with Gasteiger partial charge in [0.05, 0.1) is 4.90 Å². The molecule has 1 aliphatic rings. The fourth-order valence-corrected chi connectivity index (χ4v) is 3.89. The van der Waals surface area contributed by atoms with Crippen molar-refractivity contribution in [2.75, 3.05) is 0 Å². The molecule has 0 spiro atoms. The summed E-state index contributed by atoms with van der Waals surface area (Å²) < 4.78 is 32.3. The molecule has 0 aliphatic heterocycles. The SMILES string of the molecule is O=c1ccc2cc(S(=O)(=O)NC3CCCC3)ccc2o1. The first-order chi connectivity index (χ1) is 9.54. The molecule has 106 valence electrons. The Balaban J connectivity index is 1.96. The third kappa shape index (κ3) is 2.62. The monoisotopic (exact) mass is 293 g/mol. The van der Waals surface area contributed by atoms with Crippen LogP contribution in [0.5, 0.6) is 0 Å². The summed E-state index contributed by atoms with van der Waals surface area (Å²) >= 11 is 0. The van der Waals surface area contributed by atoms with Gasteiger partial charge in [-0.05, 0) is 37.1 Å². The molecular weight excluding hydrogens is 278 g/mol. The van der Waals surface area contributed by atoms with Crippen LogP contribution in [-0.2, 0) is 10.0 Å². The number of hydrogen-bond acceptors (Lipinski definition) is 4. The van der Waals surface area contributed by atoms with Crippen molar-refractivity contribution >= 4 is 21.0 Å². The molecule has 1 N–H and O–H groups in total. The van der Waals surface area contributed by atoms with Crippen molar-refractivity contribution in [2.45, 2.75) is 36.6 Å². The summed E-state index contributed by atoms with van der Waals surface area (Å²) in [4.78, 5) is 11.3. The predicted octanol–water partition coefficient (Wildman–Crippen LogP) is 2.01. The highest BCUT2D eigenvalue weighted by Gasteiger charge is 2.23. The summed E-state index contributed by atoms with van der Waals surface area (Å²) in [5.41, 5.74) is -0.0606. The Morgan fingerprint density at radius 3 is 2.60 bits per heavy atom. The van der Waals surface area contributed by atoms with Crippen LogP contribution < -0.4 is 10.3 Å². The lowest BCUT2D eigenvalue weighted by Gasteiger charge is -2.12. The number of rotatable bonds is 3. The van der Waals surface area contributed by atoms with Crippen LogP contribution in [0, 0.1) is 0 Å². The van der Waals surface area contributed by atoms with Crippen molar-refractivity contribution in [3.8, 4) is 0 Å². The van der Waals surface area contributed by atoms with Crippen molar-refractivity contribution in [1.82, 2.24) is 4.72 Å². The Labute approximate surface area is 116 Å². The van der Waals surface area contributed by atoms with E-state index >= 15 is 0 Å². The fourth-order valence-electron chi connectivity index (χ4n) is 2.55. The van der Waals surface area contributed by atoms with Crippen LogP contribution in [0.4, 0.5) is 0 Å². The van der Waals surface area contributed by atoms with Crippen LogP contribution in [0.1, 0.15) is 25.7 Å². The minimum atomic E-state index is -3.52. The Kier molecular flexibility index (Phi) is 3.35. The fraction of sp³-hybridized carbons (Fsp3) is 0.357. The maximum absolute atomic E-state index is 12.3. The van der Waals surface area contributed by atoms with E-state index in [1.807, 2.05) is 0 Å². The third-order valence-corrected chi connectivity index (χ3v) is 5.10. The van der Waals surface area contributed by atoms with E-state index in [9.17, 15) is 13.2 Å². The first-order valence-corrected chi connectivity index (χ1v) is 8.09. The van der Waals surface area contributed by atoms with Gasteiger partial charge in [0.15, 0.2) is 0 Å². The first kappa shape index (κ1) is 13.3. The van der Waals surface area contributed by atoms with Gasteiger partial charge in [-0.3, -0.25) is 0 Å². The second-order valence-corrected chi connectivity index (χ2v) is 6.77. The Hall–Kier alpha value is -1.66. The molecule has 0 atom stereocenters. The third-order valence-electron chi connectivity index (χ3n) is 3.58. The van der Waals surface area contributed by atoms with E-state index in [4.69, 9.17) is 4.42 Å². The Bertz CT molecular complexity index is 788. The lowest BCUT2D eigenvalue weighted by Crippen LogP contribution is -2.32. The molecule has 0 saturated heterocycles. The van der Waals surface area contributed by atoms with Crippen LogP contribution in [-0.4, -0.2) is 14.5 Å². The van der Waals surface area contributed by atoms with Crippen LogP contribution in [0.2, 0.25) is 0 Å². The van der Waals surface area contributed by atoms with E-state index in [-0.39, 0.29) is 10.9 Å². The zero-order valence-electron chi connectivity index (χ0n) is 10.8. The van der Waals surface area contributed by atoms with Crippen LogP contribution >= 0.6 is 0 Å². The molecule has 20 heavy (non-hydrogen) atoms. The maximum atomic E-state index is 12.3. The quantitative estimate of drug-likeness (QED) is 0.878. The van der Waals surface area contributed by atoms with E-state index in [1.54, 1.807) is 6.07 Å². The van der Waals surface area contributed by atoms with E-state index in [1.165, 1.54) is 24.3 Å². The second kappa shape index (κ2) is 5.03. The molecule has 0 unspecified atom stereocenters. The van der Waals surface area contributed by atoms with Gasteiger partial charge in [-0.1, -0.05) is 12.8 Å². The first-order valence-electron chi connectivity index (χ1n) is 6.61. The summed E-state index contributed by atoms with van der Waals surface area (Å²) in [6.45, 7) is 0. The second-order valence-electron chi connectivity index (χ2n) is 5.06. The summed E-state index contributed by atoms with van der Waals surface area (Å²) in [6.07, 6.45) is 3.91. The van der Waals surface area contributed by atoms with E-state index in [2.05, 4.69) is 4.72 Å². The van der Waals surface area contributed by atoms with Gasteiger partial charge in [0.25, 0.3) is 0 Å². The molecule has 0 amide bonds. The number of benzene rings is 1. The van der Waals surface area contributed by atoms with Crippen molar-refractivity contribution in [2.24, 2.45) is 0 Å². The number of nitrogens with one attached hydrogen (secondary N) is 1. The highest BCUT2D eigenvalue weighted by molar-refractivity contribution is 7.89. The summed E-state index contributed by atoms with van der Waals surface area (Å²) in [7, 11) is -3.52. The largest absolute Gasteiger partial charge is 0.423 e. The minimum Gasteiger partial charge on any atom is -0.423 e. The Morgan fingerprint density at radius 2 is 1.85 bits per heavy atom. The average Bonchev–Trinajstić information content (AvgIpc) is 2.90. The smallest absolute Gasteiger partial charge is 0.336 e. The maximum Gasteiger partial charge on any atom is 0.336 e. The van der Waals surface area contributed by atoms with Gasteiger partial charge in [0.1, 0.15) is 5.58 Å². The summed E-state index contributed by atoms with van der Waals surface area (Å²) in [5, 5.41) is 0.596. The molecule has 6 heteroatoms. The van der Waals surface area contributed by atoms with Crippen molar-refractivity contribution in [3.05, 3.63) is 40.8 Å². The van der Waals surface area contributed by atoms with Gasteiger partial charge in [0.2, 0.25) is 10.0 Å². The standard InChI is InChI=1S/C14H15NO4S/c16-14-8-5-10-9-12(6-7-13(10)19-14)20(17,18)15-11-3-1-2-4-11/h5-9,11,15H,1-4H2. The lowest BCUT2D eigenvalue weighted by atomic mass is 10.2. The topological polar surface area (TPSA) is 76.4 Å². The Morgan fingerprint density at radius 1 is 1.10 bits per heavy atom. The highest BCUT2D eigenvalue weighted by atomic mass is 32.2. The van der Waals surface area contributed by atoms with Gasteiger partial charge in [-0.15, -0.1) is 0 Å². The van der Waals surface area contributed by atoms with Gasteiger partial charge in [-0.25, -0.2) is 17.9 Å². The molecule has 0 radical (unpaired) electrons. The number of fused-ring (bicyclic) bond motifs is 1. The molecule has 1 fully saturated rings. The molecule has 0 bridgehead atoms. The van der Waals surface area contributed by atoms with E-state index in [0.717, 1.165) is 25.7 Å². The molecule has 1 saturated carbocycles. The highest BCUT2D eigenvalue weighted by Crippen LogP contribution is 2.22. The van der Waals surface area contributed by atoms with Crippen LogP contribution in [0.25, 0.3) is 11.0 Å². The van der Waals surface area contributed by atoms with Gasteiger partial charge in [-0.2, -0.15) is 0 Å². The van der Waals surface area contributed by atoms with E-state index in [0.29, 0.717) is 11.0 Å². The zero-order chi connectivity index (χ0) is 14.2. The van der Waals surface area contributed by atoms with Crippen LogP contribution in [0.3, 0.4) is 0 Å². The predicted molar refractivity (Wildman–Crippen MR) is 75.1 cm³/mol. The van der Waals surface area contributed by atoms with Gasteiger partial charge >= 0.3 is 5.63 Å². The van der Waals surface area contributed by atoms with Crippen LogP contribution in [0.15, 0.2) is 44.4 Å². The lowest BCUT2D eigenvalue weighted by molar-refractivity contribution is 0.551. The molecule has 1 heterocycles. The number of hydrogen-bond donors (Lipinski definition) is 1. The zero-order valence-corrected chi connectivity index (χ0v) is 11.7. The van der Waals surface area contributed by atoms with Crippen molar-refractivity contribution in [1.29, 1.82) is 0 Å². The normalized spacial score (nSPS) is 16.8. The summed E-state index contributed by atoms with van der Waals surface area (Å²) in [5.74, 6) is 0. The van der Waals surface area contributed by atoms with Gasteiger partial charge in [0, 0.05) is 17.5 Å². The van der Waals surface area contributed by atoms with Crippen molar-refractivity contribution in [3.63, 3.8) is 0 Å². The minimum absolute atomic E-state index is 0.0319. The van der Waals surface area contributed by atoms with Gasteiger partial charge < -0.3 is 4.42 Å². The molecule has 1 aliphatic carbocycles. The van der Waals surface area contributed by atoms with E-state index < -0.39 is 15.6 Å². The molecule has 1 aromatic carbocycles. The molecule has 5 nitrogen and oxygen atoms in total. The number of sulfonamides is 1. The molecule has 3 rings (SSSR count). The summed E-state index contributed by atoms with van der Waals surface area (Å²) in [6, 6.07) is 7.38. The average molecular weight is 293 g/mol. The molecule has 1 aromatic heterocycles. The molecule has 2 aromatic rings. The van der Waals surface area contributed by atoms with Crippen molar-refractivity contribution < 1.29 is 12.8 Å².